The number of aromatic nitrogens is 3. The molecule has 0 aliphatic heterocycles. The number of benzene rings is 5. The molecule has 7 aromatic rings. The standard InChI is InChI=1S/C39H27N3/c1-3-10-30(11-4-1)37-26-38(42-39(41-37)31-12-5-2-6-13-31)35-17-8-16-34(25-35)33-15-7-14-32(24-33)28-19-21-29(22-20-28)36-18-9-23-40-27-36/h1-27H. The summed E-state index contributed by atoms with van der Waals surface area (Å²) in [6, 6.07) is 52.5. The topological polar surface area (TPSA) is 38.7 Å². The lowest BCUT2D eigenvalue weighted by Gasteiger charge is -2.11. The van der Waals surface area contributed by atoms with E-state index in [2.05, 4.69) is 114 Å². The van der Waals surface area contributed by atoms with Crippen molar-refractivity contribution in [3.63, 3.8) is 0 Å². The van der Waals surface area contributed by atoms with Crippen LogP contribution in [0, 0.1) is 0 Å². The van der Waals surface area contributed by atoms with Gasteiger partial charge in [-0.15, -0.1) is 0 Å². The normalized spacial score (nSPS) is 10.9. The predicted molar refractivity (Wildman–Crippen MR) is 172 cm³/mol. The van der Waals surface area contributed by atoms with Crippen LogP contribution in [0.15, 0.2) is 164 Å². The quantitative estimate of drug-likeness (QED) is 0.212. The molecule has 0 saturated carbocycles. The summed E-state index contributed by atoms with van der Waals surface area (Å²) in [6.45, 7) is 0. The van der Waals surface area contributed by atoms with Crippen molar-refractivity contribution < 1.29 is 0 Å². The molecule has 0 saturated heterocycles. The lowest BCUT2D eigenvalue weighted by Crippen LogP contribution is -1.96. The lowest BCUT2D eigenvalue weighted by molar-refractivity contribution is 1.18. The van der Waals surface area contributed by atoms with Crippen LogP contribution in [0.5, 0.6) is 0 Å². The van der Waals surface area contributed by atoms with E-state index >= 15 is 0 Å². The van der Waals surface area contributed by atoms with Gasteiger partial charge in [-0.25, -0.2) is 9.97 Å². The van der Waals surface area contributed by atoms with E-state index in [-0.39, 0.29) is 0 Å². The van der Waals surface area contributed by atoms with Gasteiger partial charge in [0, 0.05) is 29.1 Å². The Morgan fingerprint density at radius 1 is 0.310 bits per heavy atom. The van der Waals surface area contributed by atoms with Crippen LogP contribution in [-0.2, 0) is 0 Å². The lowest BCUT2D eigenvalue weighted by atomic mass is 9.96. The van der Waals surface area contributed by atoms with Gasteiger partial charge in [0.2, 0.25) is 0 Å². The van der Waals surface area contributed by atoms with Crippen LogP contribution in [0.2, 0.25) is 0 Å². The molecule has 198 valence electrons. The van der Waals surface area contributed by atoms with Crippen molar-refractivity contribution in [3.05, 3.63) is 164 Å². The van der Waals surface area contributed by atoms with Gasteiger partial charge in [0.05, 0.1) is 11.4 Å². The number of hydrogen-bond acceptors (Lipinski definition) is 3. The molecule has 42 heavy (non-hydrogen) atoms. The number of nitrogens with zero attached hydrogens (tertiary/aromatic N) is 3. The molecule has 0 atom stereocenters. The van der Waals surface area contributed by atoms with Crippen LogP contribution in [0.1, 0.15) is 0 Å². The molecule has 5 aromatic carbocycles. The first-order valence-corrected chi connectivity index (χ1v) is 14.0. The van der Waals surface area contributed by atoms with Crippen LogP contribution < -0.4 is 0 Å². The third-order valence-corrected chi connectivity index (χ3v) is 7.40. The molecule has 0 aliphatic carbocycles. The molecule has 0 unspecified atom stereocenters. The summed E-state index contributed by atoms with van der Waals surface area (Å²) in [6.07, 6.45) is 3.69. The molecule has 3 nitrogen and oxygen atoms in total. The summed E-state index contributed by atoms with van der Waals surface area (Å²) in [4.78, 5) is 14.2. The van der Waals surface area contributed by atoms with Crippen molar-refractivity contribution in [1.29, 1.82) is 0 Å². The summed E-state index contributed by atoms with van der Waals surface area (Å²) in [5.74, 6) is 0.717. The zero-order valence-corrected chi connectivity index (χ0v) is 22.9. The van der Waals surface area contributed by atoms with Crippen molar-refractivity contribution in [2.24, 2.45) is 0 Å². The Bertz CT molecular complexity index is 1890. The number of hydrogen-bond donors (Lipinski definition) is 0. The molecule has 0 N–H and O–H groups in total. The Kier molecular flexibility index (Phi) is 6.89. The second kappa shape index (κ2) is 11.4. The first-order valence-electron chi connectivity index (χ1n) is 14.0. The first-order chi connectivity index (χ1) is 20.8. The van der Waals surface area contributed by atoms with Gasteiger partial charge in [-0.1, -0.05) is 127 Å². The summed E-state index contributed by atoms with van der Waals surface area (Å²) in [5.41, 5.74) is 11.8. The summed E-state index contributed by atoms with van der Waals surface area (Å²) in [5, 5.41) is 0. The number of pyridine rings is 1. The van der Waals surface area contributed by atoms with E-state index in [4.69, 9.17) is 9.97 Å². The molecule has 0 spiro atoms. The predicted octanol–water partition coefficient (Wildman–Crippen LogP) is 9.87. The van der Waals surface area contributed by atoms with Gasteiger partial charge >= 0.3 is 0 Å². The van der Waals surface area contributed by atoms with Gasteiger partial charge in [0.25, 0.3) is 0 Å². The highest BCUT2D eigenvalue weighted by Crippen LogP contribution is 2.32. The van der Waals surface area contributed by atoms with E-state index in [1.807, 2.05) is 48.7 Å². The van der Waals surface area contributed by atoms with Crippen molar-refractivity contribution in [2.75, 3.05) is 0 Å². The van der Waals surface area contributed by atoms with E-state index in [0.717, 1.165) is 50.3 Å². The third kappa shape index (κ3) is 5.36. The molecule has 0 radical (unpaired) electrons. The zero-order chi connectivity index (χ0) is 28.1. The molecule has 0 bridgehead atoms. The average Bonchev–Trinajstić information content (AvgIpc) is 3.09. The van der Waals surface area contributed by atoms with Crippen LogP contribution in [0.3, 0.4) is 0 Å². The summed E-state index contributed by atoms with van der Waals surface area (Å²) < 4.78 is 0. The van der Waals surface area contributed by atoms with Gasteiger partial charge < -0.3 is 0 Å². The Balaban J connectivity index is 1.25. The molecule has 3 heteroatoms. The Morgan fingerprint density at radius 3 is 1.40 bits per heavy atom. The van der Waals surface area contributed by atoms with Crippen LogP contribution >= 0.6 is 0 Å². The van der Waals surface area contributed by atoms with Crippen molar-refractivity contribution >= 4 is 0 Å². The molecule has 2 heterocycles. The summed E-state index contributed by atoms with van der Waals surface area (Å²) in [7, 11) is 0. The van der Waals surface area contributed by atoms with Crippen LogP contribution in [0.4, 0.5) is 0 Å². The van der Waals surface area contributed by atoms with E-state index in [9.17, 15) is 0 Å². The zero-order valence-electron chi connectivity index (χ0n) is 22.9. The van der Waals surface area contributed by atoms with E-state index in [0.29, 0.717) is 5.82 Å². The minimum atomic E-state index is 0.717. The highest BCUT2D eigenvalue weighted by atomic mass is 14.9. The first kappa shape index (κ1) is 25.3. The number of rotatable bonds is 6. The molecular formula is C39H27N3. The molecule has 2 aromatic heterocycles. The molecule has 0 aliphatic rings. The van der Waals surface area contributed by atoms with Crippen molar-refractivity contribution in [1.82, 2.24) is 15.0 Å². The second-order valence-electron chi connectivity index (χ2n) is 10.2. The molecular weight excluding hydrogens is 510 g/mol. The third-order valence-electron chi connectivity index (χ3n) is 7.40. The smallest absolute Gasteiger partial charge is 0.160 e. The van der Waals surface area contributed by atoms with Crippen molar-refractivity contribution in [3.8, 4) is 67.3 Å². The van der Waals surface area contributed by atoms with Gasteiger partial charge in [-0.2, -0.15) is 0 Å². The highest BCUT2D eigenvalue weighted by molar-refractivity contribution is 5.79. The van der Waals surface area contributed by atoms with Gasteiger partial charge in [-0.3, -0.25) is 4.98 Å². The monoisotopic (exact) mass is 537 g/mol. The van der Waals surface area contributed by atoms with Gasteiger partial charge in [0.1, 0.15) is 0 Å². The second-order valence-corrected chi connectivity index (χ2v) is 10.2. The SMILES string of the molecule is c1ccc(-c2cc(-c3cccc(-c4cccc(-c5ccc(-c6cccnc6)cc5)c4)c3)nc(-c3ccccc3)n2)cc1. The maximum Gasteiger partial charge on any atom is 0.160 e. The van der Waals surface area contributed by atoms with E-state index < -0.39 is 0 Å². The minimum absolute atomic E-state index is 0.717. The van der Waals surface area contributed by atoms with Crippen LogP contribution in [0.25, 0.3) is 67.3 Å². The molecule has 0 fully saturated rings. The summed E-state index contributed by atoms with van der Waals surface area (Å²) >= 11 is 0. The fourth-order valence-electron chi connectivity index (χ4n) is 5.19. The van der Waals surface area contributed by atoms with Crippen LogP contribution in [-0.4, -0.2) is 15.0 Å². The minimum Gasteiger partial charge on any atom is -0.264 e. The van der Waals surface area contributed by atoms with E-state index in [1.165, 1.54) is 11.1 Å². The highest BCUT2D eigenvalue weighted by Gasteiger charge is 2.12. The maximum atomic E-state index is 5.02. The molecule has 7 rings (SSSR count). The average molecular weight is 538 g/mol. The van der Waals surface area contributed by atoms with Gasteiger partial charge in [-0.05, 0) is 57.6 Å². The van der Waals surface area contributed by atoms with E-state index in [1.54, 1.807) is 6.20 Å². The van der Waals surface area contributed by atoms with Gasteiger partial charge in [0.15, 0.2) is 5.82 Å². The fourth-order valence-corrected chi connectivity index (χ4v) is 5.19. The van der Waals surface area contributed by atoms with Crippen molar-refractivity contribution in [2.45, 2.75) is 0 Å². The Labute approximate surface area is 245 Å². The Morgan fingerprint density at radius 2 is 0.786 bits per heavy atom. The fraction of sp³-hybridized carbons (Fsp3) is 0. The largest absolute Gasteiger partial charge is 0.264 e. The molecule has 0 amide bonds. The Hall–Kier alpha value is -5.67. The maximum absolute atomic E-state index is 5.02.